The molecule has 196 valence electrons. The predicted octanol–water partition coefficient (Wildman–Crippen LogP) is 3.08. The van der Waals surface area contributed by atoms with Crippen molar-refractivity contribution in [3.63, 3.8) is 0 Å². The average molecular weight is 517 g/mol. The Labute approximate surface area is 217 Å². The molecule has 9 heteroatoms. The van der Waals surface area contributed by atoms with Crippen LogP contribution in [0.25, 0.3) is 10.9 Å². The van der Waals surface area contributed by atoms with E-state index in [0.717, 1.165) is 16.5 Å². The highest BCUT2D eigenvalue weighted by atomic mass is 16.5. The Balaban J connectivity index is 1.64. The third kappa shape index (κ3) is 4.30. The highest BCUT2D eigenvalue weighted by molar-refractivity contribution is 5.84. The molecular formula is C29H28N2O7. The molecule has 1 atom stereocenters. The minimum Gasteiger partial charge on any atom is -0.507 e. The molecule has 0 amide bonds. The summed E-state index contributed by atoms with van der Waals surface area (Å²) >= 11 is 0. The van der Waals surface area contributed by atoms with Crippen molar-refractivity contribution >= 4 is 16.9 Å². The van der Waals surface area contributed by atoms with E-state index in [4.69, 9.17) is 4.74 Å². The minimum atomic E-state index is -1.02. The van der Waals surface area contributed by atoms with Crippen molar-refractivity contribution in [2.75, 3.05) is 7.11 Å². The van der Waals surface area contributed by atoms with Crippen molar-refractivity contribution in [1.29, 1.82) is 0 Å². The van der Waals surface area contributed by atoms with E-state index in [1.54, 1.807) is 23.6 Å². The summed E-state index contributed by atoms with van der Waals surface area (Å²) in [5.41, 5.74) is 2.47. The van der Waals surface area contributed by atoms with Gasteiger partial charge >= 0.3 is 5.97 Å². The molecule has 0 radical (unpaired) electrons. The second kappa shape index (κ2) is 9.74. The Kier molecular flexibility index (Phi) is 6.44. The van der Waals surface area contributed by atoms with Gasteiger partial charge in [0.25, 0.3) is 11.1 Å². The van der Waals surface area contributed by atoms with Gasteiger partial charge < -0.3 is 29.2 Å². The van der Waals surface area contributed by atoms with E-state index < -0.39 is 17.4 Å². The predicted molar refractivity (Wildman–Crippen MR) is 141 cm³/mol. The summed E-state index contributed by atoms with van der Waals surface area (Å²) in [6.45, 7) is 2.39. The van der Waals surface area contributed by atoms with Gasteiger partial charge in [0.05, 0.1) is 24.6 Å². The number of benzene rings is 2. The Bertz CT molecular complexity index is 1700. The summed E-state index contributed by atoms with van der Waals surface area (Å²) in [7, 11) is 1.23. The number of para-hydroxylation sites is 1. The zero-order valence-electron chi connectivity index (χ0n) is 21.1. The van der Waals surface area contributed by atoms with Gasteiger partial charge in [-0.05, 0) is 60.5 Å². The number of ether oxygens (including phenoxy) is 1. The Morgan fingerprint density at radius 1 is 1.00 bits per heavy atom. The first kappa shape index (κ1) is 25.1. The Hall–Kier alpha value is -4.53. The number of hydrogen-bond acceptors (Lipinski definition) is 7. The van der Waals surface area contributed by atoms with Crippen LogP contribution in [0.2, 0.25) is 0 Å². The molecule has 3 N–H and O–H groups in total. The Morgan fingerprint density at radius 2 is 1.79 bits per heavy atom. The van der Waals surface area contributed by atoms with Crippen molar-refractivity contribution in [2.24, 2.45) is 0 Å². The maximum Gasteiger partial charge on any atom is 0.306 e. The lowest BCUT2D eigenvalue weighted by molar-refractivity contribution is -0.140. The van der Waals surface area contributed by atoms with E-state index >= 15 is 0 Å². The lowest BCUT2D eigenvalue weighted by atomic mass is 9.88. The number of hydrogen-bond donors (Lipinski definition) is 3. The van der Waals surface area contributed by atoms with E-state index in [2.05, 4.69) is 0 Å². The van der Waals surface area contributed by atoms with Crippen LogP contribution in [0.1, 0.15) is 40.3 Å². The fourth-order valence-corrected chi connectivity index (χ4v) is 5.40. The molecular weight excluding hydrogens is 488 g/mol. The van der Waals surface area contributed by atoms with Gasteiger partial charge in [0.2, 0.25) is 0 Å². The molecule has 2 aromatic heterocycles. The van der Waals surface area contributed by atoms with Gasteiger partial charge in [0.1, 0.15) is 5.75 Å². The molecule has 5 rings (SSSR count). The second-order valence-electron chi connectivity index (χ2n) is 9.61. The number of pyridine rings is 2. The van der Waals surface area contributed by atoms with Gasteiger partial charge in [-0.25, -0.2) is 0 Å². The maximum atomic E-state index is 13.8. The molecule has 9 nitrogen and oxygen atoms in total. The molecule has 4 aromatic rings. The fourth-order valence-electron chi connectivity index (χ4n) is 5.40. The molecule has 38 heavy (non-hydrogen) atoms. The van der Waals surface area contributed by atoms with Gasteiger partial charge in [-0.1, -0.05) is 24.3 Å². The molecule has 0 aliphatic carbocycles. The maximum absolute atomic E-state index is 13.8. The summed E-state index contributed by atoms with van der Waals surface area (Å²) in [6.07, 6.45) is 0.772. The molecule has 0 saturated carbocycles. The number of aromatic hydroxyl groups is 3. The van der Waals surface area contributed by atoms with Crippen LogP contribution in [0.4, 0.5) is 0 Å². The van der Waals surface area contributed by atoms with Gasteiger partial charge in [-0.3, -0.25) is 14.4 Å². The molecule has 0 unspecified atom stereocenters. The van der Waals surface area contributed by atoms with Crippen molar-refractivity contribution in [1.82, 2.24) is 9.13 Å². The van der Waals surface area contributed by atoms with Crippen LogP contribution in [-0.2, 0) is 35.5 Å². The number of esters is 1. The lowest BCUT2D eigenvalue weighted by Crippen LogP contribution is -2.32. The monoisotopic (exact) mass is 516 g/mol. The molecule has 1 aliphatic rings. The third-order valence-corrected chi connectivity index (χ3v) is 7.34. The molecule has 0 fully saturated rings. The van der Waals surface area contributed by atoms with E-state index in [1.807, 2.05) is 18.2 Å². The van der Waals surface area contributed by atoms with Gasteiger partial charge in [-0.15, -0.1) is 0 Å². The normalized spacial score (nSPS) is 13.1. The van der Waals surface area contributed by atoms with E-state index in [9.17, 15) is 29.7 Å². The summed E-state index contributed by atoms with van der Waals surface area (Å²) in [5.74, 6) is -2.44. The smallest absolute Gasteiger partial charge is 0.306 e. The molecule has 0 spiro atoms. The SMILES string of the molecule is COC(=O)C[C@H](c1c(O)cc(C)n(CCc2ccc(O)c(O)c2)c1=O)c1cc2cccc3c2n(c1=O)CC3. The average Bonchev–Trinajstić information content (AvgIpc) is 3.33. The van der Waals surface area contributed by atoms with Gasteiger partial charge in [-0.2, -0.15) is 0 Å². The number of nitrogens with zero attached hydrogens (tertiary/aromatic N) is 2. The molecule has 3 heterocycles. The number of carbonyl (C=O) groups is 1. The highest BCUT2D eigenvalue weighted by Gasteiger charge is 2.30. The number of methoxy groups -OCH3 is 1. The number of aryl methyl sites for hydroxylation is 4. The van der Waals surface area contributed by atoms with Crippen LogP contribution in [0.15, 0.2) is 58.1 Å². The van der Waals surface area contributed by atoms with Crippen LogP contribution >= 0.6 is 0 Å². The summed E-state index contributed by atoms with van der Waals surface area (Å²) in [5, 5.41) is 31.2. The molecule has 2 aromatic carbocycles. The second-order valence-corrected chi connectivity index (χ2v) is 9.61. The third-order valence-electron chi connectivity index (χ3n) is 7.34. The fraction of sp³-hybridized carbons (Fsp3) is 0.276. The van der Waals surface area contributed by atoms with Crippen LogP contribution < -0.4 is 11.1 Å². The van der Waals surface area contributed by atoms with Crippen molar-refractivity contribution in [3.05, 3.63) is 97.2 Å². The van der Waals surface area contributed by atoms with E-state index in [-0.39, 0.29) is 46.9 Å². The number of rotatable bonds is 7. The first-order valence-electron chi connectivity index (χ1n) is 12.4. The van der Waals surface area contributed by atoms with Crippen LogP contribution in [-0.4, -0.2) is 37.5 Å². The Morgan fingerprint density at radius 3 is 2.53 bits per heavy atom. The highest BCUT2D eigenvalue weighted by Crippen LogP contribution is 2.34. The summed E-state index contributed by atoms with van der Waals surface area (Å²) in [6, 6.07) is 13.4. The van der Waals surface area contributed by atoms with Crippen LogP contribution in [0, 0.1) is 6.92 Å². The largest absolute Gasteiger partial charge is 0.507 e. The van der Waals surface area contributed by atoms with Gasteiger partial charge in [0.15, 0.2) is 11.5 Å². The molecule has 0 bridgehead atoms. The summed E-state index contributed by atoms with van der Waals surface area (Å²) in [4.78, 5) is 40.0. The van der Waals surface area contributed by atoms with E-state index in [1.165, 1.54) is 29.9 Å². The van der Waals surface area contributed by atoms with Crippen molar-refractivity contribution in [2.45, 2.75) is 45.2 Å². The standard InChI is InChI=1S/C29H28N2O7/c1-16-12-24(34)26(29(37)30(16)10-8-17-6-7-22(32)23(33)13-17)20(15-25(35)38-2)21-14-19-5-3-4-18-9-11-31(27(18)19)28(21)36/h3-7,12-14,20,32-34H,8-11,15H2,1-2H3/t20-/m0/s1. The topological polar surface area (TPSA) is 131 Å². The quantitative estimate of drug-likeness (QED) is 0.254. The number of aromatic nitrogens is 2. The summed E-state index contributed by atoms with van der Waals surface area (Å²) < 4.78 is 8.04. The molecule has 0 saturated heterocycles. The zero-order chi connectivity index (χ0) is 27.1. The first-order valence-corrected chi connectivity index (χ1v) is 12.4. The number of carbonyl (C=O) groups excluding carboxylic acids is 1. The van der Waals surface area contributed by atoms with Crippen LogP contribution in [0.3, 0.4) is 0 Å². The van der Waals surface area contributed by atoms with Gasteiger partial charge in [0, 0.05) is 30.3 Å². The van der Waals surface area contributed by atoms with Crippen molar-refractivity contribution < 1.29 is 24.9 Å². The lowest BCUT2D eigenvalue weighted by Gasteiger charge is -2.21. The molecule has 1 aliphatic heterocycles. The zero-order valence-corrected chi connectivity index (χ0v) is 21.1. The van der Waals surface area contributed by atoms with E-state index in [0.29, 0.717) is 30.6 Å². The van der Waals surface area contributed by atoms with Crippen molar-refractivity contribution in [3.8, 4) is 17.2 Å². The van der Waals surface area contributed by atoms with Crippen LogP contribution in [0.5, 0.6) is 17.2 Å². The number of phenols is 2. The minimum absolute atomic E-state index is 0.0482. The number of phenolic OH excluding ortho intramolecular Hbond substituents is 2. The first-order chi connectivity index (χ1) is 18.2.